The zero-order valence-electron chi connectivity index (χ0n) is 29.1. The zero-order valence-corrected chi connectivity index (χ0v) is 29.1. The number of nitrogens with zero attached hydrogens (tertiary/aromatic N) is 3. The van der Waals surface area contributed by atoms with Gasteiger partial charge >= 0.3 is 0 Å². The fourth-order valence-corrected chi connectivity index (χ4v) is 8.26. The van der Waals surface area contributed by atoms with E-state index in [1.165, 1.54) is 55.2 Å². The summed E-state index contributed by atoms with van der Waals surface area (Å²) >= 11 is 0. The summed E-state index contributed by atoms with van der Waals surface area (Å²) in [6.07, 6.45) is 0. The van der Waals surface area contributed by atoms with Crippen LogP contribution in [-0.4, -0.2) is 14.5 Å². The van der Waals surface area contributed by atoms with Gasteiger partial charge < -0.3 is 4.57 Å². The van der Waals surface area contributed by atoms with Crippen LogP contribution < -0.4 is 0 Å². The highest BCUT2D eigenvalue weighted by molar-refractivity contribution is 6.17. The smallest absolute Gasteiger partial charge is 0.160 e. The number of aromatic nitrogens is 3. The molecule has 10 rings (SSSR count). The van der Waals surface area contributed by atoms with Crippen LogP contribution in [0, 0.1) is 0 Å². The van der Waals surface area contributed by atoms with Gasteiger partial charge in [-0.05, 0) is 63.7 Å². The SMILES string of the molecule is CC1(C)c2ccccc2-c2c1ccc1c2c2ccccc2n1-c1cccc(-c2nc(-c3ccccc3)cc(-c3ccc(-c4ccccc4)cc3)n2)c1. The Balaban J connectivity index is 1.15. The summed E-state index contributed by atoms with van der Waals surface area (Å²) in [7, 11) is 0. The predicted octanol–water partition coefficient (Wildman–Crippen LogP) is 12.5. The standard InChI is InChI=1S/C49H35N3/c1-49(2)40-22-11-9-20-38(40)46-41(49)28-29-45-47(46)39-21-10-12-23-44(39)52(45)37-19-13-18-36(30-37)48-50-42(34-16-7-4-8-17-34)31-43(51-48)35-26-24-33(25-27-35)32-14-5-3-6-15-32/h3-31H,1-2H3. The van der Waals surface area contributed by atoms with E-state index in [0.717, 1.165) is 33.8 Å². The van der Waals surface area contributed by atoms with Crippen molar-refractivity contribution < 1.29 is 0 Å². The van der Waals surface area contributed by atoms with E-state index in [-0.39, 0.29) is 5.41 Å². The van der Waals surface area contributed by atoms with Crippen LogP contribution in [0.5, 0.6) is 0 Å². The van der Waals surface area contributed by atoms with Gasteiger partial charge in [0, 0.05) is 38.6 Å². The molecule has 0 atom stereocenters. The monoisotopic (exact) mass is 665 g/mol. The molecular formula is C49H35N3. The first-order valence-electron chi connectivity index (χ1n) is 17.9. The number of hydrogen-bond acceptors (Lipinski definition) is 2. The molecule has 0 aliphatic heterocycles. The highest BCUT2D eigenvalue weighted by Crippen LogP contribution is 2.53. The Hall–Kier alpha value is -6.58. The number of hydrogen-bond donors (Lipinski definition) is 0. The van der Waals surface area contributed by atoms with Gasteiger partial charge in [0.05, 0.1) is 22.4 Å². The van der Waals surface area contributed by atoms with Gasteiger partial charge in [-0.15, -0.1) is 0 Å². The maximum atomic E-state index is 5.22. The quantitative estimate of drug-likeness (QED) is 0.183. The number of rotatable bonds is 5. The van der Waals surface area contributed by atoms with Crippen LogP contribution >= 0.6 is 0 Å². The average Bonchev–Trinajstić information content (AvgIpc) is 3.67. The first-order valence-corrected chi connectivity index (χ1v) is 17.9. The molecule has 0 saturated carbocycles. The van der Waals surface area contributed by atoms with Crippen molar-refractivity contribution in [3.8, 4) is 61.8 Å². The van der Waals surface area contributed by atoms with E-state index in [9.17, 15) is 0 Å². The van der Waals surface area contributed by atoms with Crippen molar-refractivity contribution in [1.82, 2.24) is 14.5 Å². The van der Waals surface area contributed by atoms with Crippen LogP contribution in [0.1, 0.15) is 25.0 Å². The highest BCUT2D eigenvalue weighted by Gasteiger charge is 2.37. The predicted molar refractivity (Wildman–Crippen MR) is 216 cm³/mol. The molecule has 2 aromatic heterocycles. The Morgan fingerprint density at radius 1 is 0.442 bits per heavy atom. The number of fused-ring (bicyclic) bond motifs is 7. The molecule has 0 fully saturated rings. The zero-order chi connectivity index (χ0) is 34.8. The second-order valence-electron chi connectivity index (χ2n) is 14.2. The molecule has 246 valence electrons. The molecule has 7 aromatic carbocycles. The topological polar surface area (TPSA) is 30.7 Å². The van der Waals surface area contributed by atoms with Crippen LogP contribution in [0.15, 0.2) is 176 Å². The van der Waals surface area contributed by atoms with Crippen molar-refractivity contribution >= 4 is 21.8 Å². The van der Waals surface area contributed by atoms with Crippen LogP contribution in [0.3, 0.4) is 0 Å². The van der Waals surface area contributed by atoms with Crippen molar-refractivity contribution in [3.05, 3.63) is 187 Å². The minimum atomic E-state index is -0.0656. The third-order valence-corrected chi connectivity index (χ3v) is 10.8. The number of benzene rings is 7. The molecule has 0 unspecified atom stereocenters. The van der Waals surface area contributed by atoms with E-state index < -0.39 is 0 Å². The van der Waals surface area contributed by atoms with Crippen molar-refractivity contribution in [1.29, 1.82) is 0 Å². The molecule has 9 aromatic rings. The van der Waals surface area contributed by atoms with E-state index in [1.54, 1.807) is 0 Å². The first kappa shape index (κ1) is 30.3. The minimum absolute atomic E-state index is 0.0656. The van der Waals surface area contributed by atoms with Crippen LogP contribution in [0.25, 0.3) is 83.6 Å². The molecule has 2 heterocycles. The molecule has 52 heavy (non-hydrogen) atoms. The molecule has 0 radical (unpaired) electrons. The lowest BCUT2D eigenvalue weighted by Gasteiger charge is -2.21. The molecule has 1 aliphatic rings. The third-order valence-electron chi connectivity index (χ3n) is 10.8. The first-order chi connectivity index (χ1) is 25.5. The summed E-state index contributed by atoms with van der Waals surface area (Å²) in [5.74, 6) is 0.697. The van der Waals surface area contributed by atoms with Crippen LogP contribution in [0.4, 0.5) is 0 Å². The van der Waals surface area contributed by atoms with Crippen molar-refractivity contribution in [2.45, 2.75) is 19.3 Å². The minimum Gasteiger partial charge on any atom is -0.309 e. The Kier molecular flexibility index (Phi) is 6.84. The molecule has 0 N–H and O–H groups in total. The van der Waals surface area contributed by atoms with Crippen molar-refractivity contribution in [2.24, 2.45) is 0 Å². The Bertz CT molecular complexity index is 2790. The second kappa shape index (κ2) is 11.8. The van der Waals surface area contributed by atoms with Gasteiger partial charge in [0.25, 0.3) is 0 Å². The summed E-state index contributed by atoms with van der Waals surface area (Å²) < 4.78 is 2.41. The molecule has 1 aliphatic carbocycles. The molecule has 0 saturated heterocycles. The fourth-order valence-electron chi connectivity index (χ4n) is 8.26. The van der Waals surface area contributed by atoms with E-state index in [2.05, 4.69) is 182 Å². The van der Waals surface area contributed by atoms with E-state index in [0.29, 0.717) is 5.82 Å². The lowest BCUT2D eigenvalue weighted by Crippen LogP contribution is -2.14. The second-order valence-corrected chi connectivity index (χ2v) is 14.2. The molecule has 0 amide bonds. The van der Waals surface area contributed by atoms with Gasteiger partial charge in [0.15, 0.2) is 5.82 Å². The van der Waals surface area contributed by atoms with Gasteiger partial charge in [-0.2, -0.15) is 0 Å². The molecular weight excluding hydrogens is 631 g/mol. The molecule has 0 spiro atoms. The lowest BCUT2D eigenvalue weighted by atomic mass is 9.82. The largest absolute Gasteiger partial charge is 0.309 e. The molecule has 0 bridgehead atoms. The van der Waals surface area contributed by atoms with Crippen molar-refractivity contribution in [3.63, 3.8) is 0 Å². The van der Waals surface area contributed by atoms with Crippen molar-refractivity contribution in [2.75, 3.05) is 0 Å². The lowest BCUT2D eigenvalue weighted by molar-refractivity contribution is 0.661. The molecule has 3 nitrogen and oxygen atoms in total. The van der Waals surface area contributed by atoms with E-state index >= 15 is 0 Å². The maximum absolute atomic E-state index is 5.22. The van der Waals surface area contributed by atoms with Gasteiger partial charge in [-0.1, -0.05) is 159 Å². The Morgan fingerprint density at radius 3 is 1.81 bits per heavy atom. The van der Waals surface area contributed by atoms with Gasteiger partial charge in [0.1, 0.15) is 0 Å². The summed E-state index contributed by atoms with van der Waals surface area (Å²) in [4.78, 5) is 10.4. The summed E-state index contributed by atoms with van der Waals surface area (Å²) in [6.45, 7) is 4.70. The Morgan fingerprint density at radius 2 is 1.04 bits per heavy atom. The summed E-state index contributed by atoms with van der Waals surface area (Å²) in [5.41, 5.74) is 16.1. The highest BCUT2D eigenvalue weighted by atomic mass is 15.0. The van der Waals surface area contributed by atoms with Crippen LogP contribution in [0.2, 0.25) is 0 Å². The summed E-state index contributed by atoms with van der Waals surface area (Å²) in [6, 6.07) is 62.7. The third kappa shape index (κ3) is 4.74. The van der Waals surface area contributed by atoms with Crippen LogP contribution in [-0.2, 0) is 5.41 Å². The Labute approximate surface area is 303 Å². The van der Waals surface area contributed by atoms with Gasteiger partial charge in [0.2, 0.25) is 0 Å². The average molecular weight is 666 g/mol. The van der Waals surface area contributed by atoms with Gasteiger partial charge in [-0.25, -0.2) is 9.97 Å². The van der Waals surface area contributed by atoms with Gasteiger partial charge in [-0.3, -0.25) is 0 Å². The summed E-state index contributed by atoms with van der Waals surface area (Å²) in [5, 5.41) is 2.57. The number of para-hydroxylation sites is 1. The normalized spacial score (nSPS) is 13.0. The van der Waals surface area contributed by atoms with E-state index in [1.807, 2.05) is 12.1 Å². The maximum Gasteiger partial charge on any atom is 0.160 e. The fraction of sp³-hybridized carbons (Fsp3) is 0.0612. The molecule has 3 heteroatoms. The van der Waals surface area contributed by atoms with E-state index in [4.69, 9.17) is 9.97 Å².